The fourth-order valence-electron chi connectivity index (χ4n) is 2.95. The third-order valence-corrected chi connectivity index (χ3v) is 4.00. The molecule has 0 saturated heterocycles. The monoisotopic (exact) mass is 353 g/mol. The number of nitrogens with one attached hydrogen (secondary N) is 1. The van der Waals surface area contributed by atoms with E-state index < -0.39 is 29.5 Å². The first kappa shape index (κ1) is 19.0. The van der Waals surface area contributed by atoms with E-state index in [1.165, 1.54) is 7.05 Å². The number of carbonyl (C=O) groups excluding carboxylic acids is 1. The minimum atomic E-state index is -3.04. The Hall–Kier alpha value is -2.31. The summed E-state index contributed by atoms with van der Waals surface area (Å²) in [7, 11) is 1.18. The molecular weight excluding hydrogens is 331 g/mol. The Morgan fingerprint density at radius 1 is 1.24 bits per heavy atom. The Balaban J connectivity index is 2.34. The van der Waals surface area contributed by atoms with Crippen LogP contribution in [0.2, 0.25) is 0 Å². The summed E-state index contributed by atoms with van der Waals surface area (Å²) in [4.78, 5) is 12.4. The second-order valence-electron chi connectivity index (χ2n) is 6.55. The molecule has 2 rings (SSSR count). The maximum Gasteiger partial charge on any atom is 0.283 e. The number of carbonyl (C=O) groups is 1. The molecule has 0 fully saturated rings. The van der Waals surface area contributed by atoms with Crippen molar-refractivity contribution in [3.8, 4) is 0 Å². The summed E-state index contributed by atoms with van der Waals surface area (Å²) < 4.78 is 40.8. The average molecular weight is 353 g/mol. The number of halogens is 3. The van der Waals surface area contributed by atoms with Gasteiger partial charge in [0, 0.05) is 12.7 Å². The van der Waals surface area contributed by atoms with E-state index in [9.17, 15) is 18.0 Å². The lowest BCUT2D eigenvalue weighted by Crippen LogP contribution is -2.17. The molecule has 1 unspecified atom stereocenters. The highest BCUT2D eigenvalue weighted by atomic mass is 19.3. The number of hydrogen-bond donors (Lipinski definition) is 1. The third kappa shape index (κ3) is 4.21. The summed E-state index contributed by atoms with van der Waals surface area (Å²) in [6.07, 6.45) is -2.14. The van der Waals surface area contributed by atoms with Crippen LogP contribution in [-0.4, -0.2) is 15.7 Å². The second-order valence-corrected chi connectivity index (χ2v) is 6.55. The van der Waals surface area contributed by atoms with Gasteiger partial charge in [-0.2, -0.15) is 9.49 Å². The molecule has 4 nitrogen and oxygen atoms in total. The van der Waals surface area contributed by atoms with Crippen molar-refractivity contribution >= 4 is 11.6 Å². The Morgan fingerprint density at radius 2 is 1.88 bits per heavy atom. The molecule has 7 heteroatoms. The fourth-order valence-corrected chi connectivity index (χ4v) is 2.95. The van der Waals surface area contributed by atoms with Crippen molar-refractivity contribution in [1.29, 1.82) is 0 Å². The van der Waals surface area contributed by atoms with E-state index in [2.05, 4.69) is 24.3 Å². The van der Waals surface area contributed by atoms with Crippen molar-refractivity contribution < 1.29 is 18.0 Å². The largest absolute Gasteiger partial charge is 0.322 e. The summed E-state index contributed by atoms with van der Waals surface area (Å²) in [5.74, 6) is -1.39. The van der Waals surface area contributed by atoms with Gasteiger partial charge in [0.15, 0.2) is 0 Å². The van der Waals surface area contributed by atoms with Gasteiger partial charge in [0.05, 0.1) is 0 Å². The number of para-hydroxylation sites is 1. The molecule has 1 atom stereocenters. The minimum Gasteiger partial charge on any atom is -0.322 e. The van der Waals surface area contributed by atoms with Crippen LogP contribution < -0.4 is 5.32 Å². The van der Waals surface area contributed by atoms with Crippen LogP contribution in [0, 0.1) is 11.9 Å². The highest BCUT2D eigenvalue weighted by Gasteiger charge is 2.29. The van der Waals surface area contributed by atoms with Gasteiger partial charge in [-0.25, -0.2) is 13.5 Å². The molecule has 1 aromatic heterocycles. The molecule has 136 valence electrons. The van der Waals surface area contributed by atoms with Gasteiger partial charge in [-0.05, 0) is 29.9 Å². The maximum absolute atomic E-state index is 14.1. The van der Waals surface area contributed by atoms with Crippen molar-refractivity contribution in [1.82, 2.24) is 9.78 Å². The zero-order valence-corrected chi connectivity index (χ0v) is 14.7. The number of hydrogen-bond acceptors (Lipinski definition) is 2. The molecule has 0 saturated carbocycles. The quantitative estimate of drug-likeness (QED) is 0.803. The second kappa shape index (κ2) is 7.72. The number of alkyl halides is 2. The first-order chi connectivity index (χ1) is 11.7. The summed E-state index contributed by atoms with van der Waals surface area (Å²) in [5, 5.41) is 5.96. The van der Waals surface area contributed by atoms with Gasteiger partial charge in [0.1, 0.15) is 11.3 Å². The van der Waals surface area contributed by atoms with Gasteiger partial charge in [0.2, 0.25) is 5.95 Å². The molecular formula is C18H22F3N3O. The molecule has 0 aliphatic rings. The molecule has 0 bridgehead atoms. The van der Waals surface area contributed by atoms with Crippen LogP contribution >= 0.6 is 0 Å². The molecule has 0 spiro atoms. The fraction of sp³-hybridized carbons (Fsp3) is 0.444. The lowest BCUT2D eigenvalue weighted by molar-refractivity contribution is 0.100. The van der Waals surface area contributed by atoms with Gasteiger partial charge in [0.25, 0.3) is 12.3 Å². The van der Waals surface area contributed by atoms with Gasteiger partial charge in [-0.15, -0.1) is 0 Å². The van der Waals surface area contributed by atoms with Crippen molar-refractivity contribution in [3.63, 3.8) is 0 Å². The number of anilines is 1. The molecule has 0 aliphatic heterocycles. The van der Waals surface area contributed by atoms with Crippen molar-refractivity contribution in [2.45, 2.75) is 39.5 Å². The Bertz CT molecular complexity index is 756. The first-order valence-corrected chi connectivity index (χ1v) is 8.13. The van der Waals surface area contributed by atoms with E-state index in [1.54, 1.807) is 12.1 Å². The molecule has 1 heterocycles. The van der Waals surface area contributed by atoms with Gasteiger partial charge >= 0.3 is 0 Å². The molecule has 1 aromatic carbocycles. The average Bonchev–Trinajstić information content (AvgIpc) is 2.83. The first-order valence-electron chi connectivity index (χ1n) is 8.13. The number of amides is 1. The summed E-state index contributed by atoms with van der Waals surface area (Å²) >= 11 is 0. The van der Waals surface area contributed by atoms with Crippen LogP contribution in [0.15, 0.2) is 24.3 Å². The molecule has 2 aromatic rings. The van der Waals surface area contributed by atoms with Gasteiger partial charge < -0.3 is 5.32 Å². The number of aryl methyl sites for hydroxylation is 1. The van der Waals surface area contributed by atoms with Crippen LogP contribution in [0.3, 0.4) is 0 Å². The zero-order chi connectivity index (χ0) is 18.7. The molecule has 0 aliphatic carbocycles. The predicted molar refractivity (Wildman–Crippen MR) is 90.4 cm³/mol. The normalized spacial score (nSPS) is 12.7. The number of nitrogens with zero attached hydrogens (tertiary/aromatic N) is 2. The number of benzene rings is 1. The van der Waals surface area contributed by atoms with Crippen molar-refractivity contribution in [3.05, 3.63) is 47.0 Å². The third-order valence-electron chi connectivity index (χ3n) is 4.00. The van der Waals surface area contributed by atoms with Crippen LogP contribution in [0.25, 0.3) is 0 Å². The SMILES string of the molecule is CC(C)CC(C)c1ccccc1NC(=O)c1c(C(F)F)nn(C)c1F. The minimum absolute atomic E-state index is 0.157. The standard InChI is InChI=1S/C18H22F3N3O/c1-10(2)9-11(3)12-7-5-6-8-13(12)22-18(25)14-15(16(19)20)23-24(4)17(14)21/h5-8,10-11,16H,9H2,1-4H3,(H,22,25). The van der Waals surface area contributed by atoms with Gasteiger partial charge in [-0.1, -0.05) is 39.0 Å². The van der Waals surface area contributed by atoms with E-state index in [0.717, 1.165) is 12.0 Å². The van der Waals surface area contributed by atoms with Crippen LogP contribution in [-0.2, 0) is 7.05 Å². The topological polar surface area (TPSA) is 46.9 Å². The maximum atomic E-state index is 14.1. The van der Waals surface area contributed by atoms with E-state index in [4.69, 9.17) is 0 Å². The lowest BCUT2D eigenvalue weighted by Gasteiger charge is -2.18. The molecule has 25 heavy (non-hydrogen) atoms. The highest BCUT2D eigenvalue weighted by molar-refractivity contribution is 6.05. The van der Waals surface area contributed by atoms with Crippen molar-refractivity contribution in [2.24, 2.45) is 13.0 Å². The lowest BCUT2D eigenvalue weighted by atomic mass is 9.91. The summed E-state index contributed by atoms with van der Waals surface area (Å²) in [6, 6.07) is 7.13. The Kier molecular flexibility index (Phi) is 5.87. The number of rotatable bonds is 6. The summed E-state index contributed by atoms with van der Waals surface area (Å²) in [6.45, 7) is 6.22. The smallest absolute Gasteiger partial charge is 0.283 e. The molecule has 1 amide bonds. The van der Waals surface area contributed by atoms with Crippen LogP contribution in [0.1, 0.15) is 61.2 Å². The zero-order valence-electron chi connectivity index (χ0n) is 14.7. The van der Waals surface area contributed by atoms with Crippen LogP contribution in [0.5, 0.6) is 0 Å². The number of aromatic nitrogens is 2. The van der Waals surface area contributed by atoms with Gasteiger partial charge in [-0.3, -0.25) is 4.79 Å². The Labute approximate surface area is 145 Å². The molecule has 1 N–H and O–H groups in total. The van der Waals surface area contributed by atoms with E-state index in [0.29, 0.717) is 16.3 Å². The van der Waals surface area contributed by atoms with E-state index in [1.807, 2.05) is 19.1 Å². The molecule has 0 radical (unpaired) electrons. The van der Waals surface area contributed by atoms with E-state index in [-0.39, 0.29) is 5.92 Å². The summed E-state index contributed by atoms with van der Waals surface area (Å²) in [5.41, 5.74) is -0.203. The Morgan fingerprint density at radius 3 is 2.48 bits per heavy atom. The van der Waals surface area contributed by atoms with Crippen molar-refractivity contribution in [2.75, 3.05) is 5.32 Å². The highest BCUT2D eigenvalue weighted by Crippen LogP contribution is 2.30. The van der Waals surface area contributed by atoms with E-state index >= 15 is 0 Å². The van der Waals surface area contributed by atoms with Crippen LogP contribution in [0.4, 0.5) is 18.9 Å². The predicted octanol–water partition coefficient (Wildman–Crippen LogP) is 4.90.